The van der Waals surface area contributed by atoms with Crippen molar-refractivity contribution in [3.8, 4) is 0 Å². The average molecular weight is 1070 g/mol. The van der Waals surface area contributed by atoms with Crippen molar-refractivity contribution in [3.63, 3.8) is 0 Å². The van der Waals surface area contributed by atoms with Gasteiger partial charge < -0.3 is 64.1 Å². The van der Waals surface area contributed by atoms with Crippen LogP contribution in [0.4, 0.5) is 0 Å². The molecule has 1 amide bonds. The molecular formula is C42H87Br3ClMgN5O7. The minimum absolute atomic E-state index is 0. The maximum atomic E-state index is 11.3. The van der Waals surface area contributed by atoms with E-state index in [0.717, 1.165) is 104 Å². The monoisotopic (exact) mass is 1070 g/mol. The van der Waals surface area contributed by atoms with E-state index in [4.69, 9.17) is 14.2 Å². The van der Waals surface area contributed by atoms with E-state index in [1.54, 1.807) is 14.2 Å². The molecule has 352 valence electrons. The van der Waals surface area contributed by atoms with Crippen molar-refractivity contribution >= 4 is 87.2 Å². The van der Waals surface area contributed by atoms with E-state index in [1.165, 1.54) is 25.9 Å². The van der Waals surface area contributed by atoms with Crippen molar-refractivity contribution in [2.75, 3.05) is 119 Å². The second-order valence-corrected chi connectivity index (χ2v) is 18.2. The van der Waals surface area contributed by atoms with Gasteiger partial charge in [-0.2, -0.15) is 0 Å². The van der Waals surface area contributed by atoms with Crippen LogP contribution in [-0.4, -0.2) is 205 Å². The molecule has 5 fully saturated rings. The third-order valence-corrected chi connectivity index (χ3v) is 13.2. The summed E-state index contributed by atoms with van der Waals surface area (Å²) in [5.41, 5.74) is -0.0899. The molecule has 59 heavy (non-hydrogen) atoms. The van der Waals surface area contributed by atoms with Gasteiger partial charge in [0.05, 0.1) is 33.1 Å². The fourth-order valence-electron chi connectivity index (χ4n) is 5.94. The second-order valence-electron chi connectivity index (χ2n) is 16.2. The molecule has 5 saturated heterocycles. The molecule has 0 aromatic heterocycles. The van der Waals surface area contributed by atoms with Gasteiger partial charge in [0, 0.05) is 86.5 Å². The number of hydrogen-bond donors (Lipinski definition) is 2. The van der Waals surface area contributed by atoms with Crippen molar-refractivity contribution in [2.45, 2.75) is 129 Å². The van der Waals surface area contributed by atoms with Crippen LogP contribution in [0.1, 0.15) is 107 Å². The molecular weight excluding hydrogens is 986 g/mol. The number of methoxy groups -OCH3 is 3. The minimum atomic E-state index is -0.382. The molecule has 0 atom stereocenters. The first-order chi connectivity index (χ1) is 25.2. The Labute approximate surface area is 410 Å². The number of Topliss-reactive ketones (excluding diaryl/α,β-unsaturated/α-hetero) is 1. The molecule has 0 spiro atoms. The third-order valence-electron chi connectivity index (χ3n) is 11.2. The Bertz CT molecular complexity index is 1030. The van der Waals surface area contributed by atoms with Gasteiger partial charge in [-0.25, -0.2) is 0 Å². The van der Waals surface area contributed by atoms with Crippen LogP contribution in [0.15, 0.2) is 0 Å². The number of halogens is 4. The summed E-state index contributed by atoms with van der Waals surface area (Å²) < 4.78 is 16.1. The van der Waals surface area contributed by atoms with E-state index in [9.17, 15) is 19.5 Å². The van der Waals surface area contributed by atoms with Crippen LogP contribution in [0.2, 0.25) is 0 Å². The number of ketones is 1. The van der Waals surface area contributed by atoms with Gasteiger partial charge >= 0.3 is 23.1 Å². The fourth-order valence-corrected chi connectivity index (χ4v) is 6.30. The third kappa shape index (κ3) is 35.0. The fraction of sp³-hybridized carbons (Fsp3) is 0.905. The van der Waals surface area contributed by atoms with Gasteiger partial charge in [-0.05, 0) is 129 Å². The Morgan fingerprint density at radius 2 is 0.949 bits per heavy atom. The maximum absolute atomic E-state index is 11.3. The Morgan fingerprint density at radius 3 is 1.22 bits per heavy atom. The Morgan fingerprint density at radius 1 is 0.644 bits per heavy atom. The summed E-state index contributed by atoms with van der Waals surface area (Å²) in [5.74, 6) is 0.598. The average Bonchev–Trinajstić information content (AvgIpc) is 3.17. The van der Waals surface area contributed by atoms with Crippen molar-refractivity contribution in [3.05, 3.63) is 7.43 Å². The van der Waals surface area contributed by atoms with E-state index in [2.05, 4.69) is 103 Å². The number of ether oxygens (including phenoxy) is 3. The van der Waals surface area contributed by atoms with Crippen molar-refractivity contribution in [1.82, 2.24) is 24.9 Å². The number of piperidine rings is 5. The van der Waals surface area contributed by atoms with Gasteiger partial charge in [0.1, 0.15) is 5.78 Å². The summed E-state index contributed by atoms with van der Waals surface area (Å²) in [6.07, 6.45) is 9.84. The number of alkyl halides is 2. The van der Waals surface area contributed by atoms with Crippen LogP contribution in [-0.2, 0) is 28.6 Å². The molecule has 0 aromatic rings. The van der Waals surface area contributed by atoms with E-state index in [-0.39, 0.29) is 90.7 Å². The summed E-state index contributed by atoms with van der Waals surface area (Å²) in [7, 11) is 11.6. The molecule has 0 radical (unpaired) electrons. The van der Waals surface area contributed by atoms with Crippen molar-refractivity contribution in [2.24, 2.45) is 0 Å². The molecule has 0 saturated carbocycles. The van der Waals surface area contributed by atoms with Gasteiger partial charge in [0.15, 0.2) is 0 Å². The second kappa shape index (κ2) is 38.3. The van der Waals surface area contributed by atoms with Crippen LogP contribution in [0.3, 0.4) is 0 Å². The van der Waals surface area contributed by atoms with Gasteiger partial charge in [0.2, 0.25) is 10.6 Å². The number of carbonyl (C=O) groups is 3. The first-order valence-electron chi connectivity index (χ1n) is 19.4. The van der Waals surface area contributed by atoms with Crippen LogP contribution in [0.25, 0.3) is 0 Å². The van der Waals surface area contributed by atoms with Crippen molar-refractivity contribution < 1.29 is 46.1 Å². The van der Waals surface area contributed by atoms with Crippen LogP contribution >= 0.6 is 47.8 Å². The van der Waals surface area contributed by atoms with E-state index in [0.29, 0.717) is 16.4 Å². The standard InChI is InChI=1S/C9H16BrNO2.C8H17NO.2C7H15NO.C6H11NO.C2H2Br2O.2CH4.CH3.ClH.Mg/c1-9(13-2)3-5-11(6-4-9)8(12)7-10;1-8(10-3)4-6-9(2)7-5-8;1-7(9-2)3-5-8-6-4-7;1-7(9)3-5-8(2)6-4-7;1-7-4-2-6(8)3-5-7;3-1-2(4)5;;;;;/h3-7H2,1-2H3;4-7H2,1-3H3;8H,3-6H2,1-2H3;9H,3-6H2,1-2H3;2-5H2,1H3;1H2;2*1H4;1H3;1H;/q;;;;;;;;-1;;+2/p-1. The van der Waals surface area contributed by atoms with Crippen LogP contribution in [0, 0.1) is 7.43 Å². The Kier molecular flexibility index (Phi) is 46.5. The normalized spacial score (nSPS) is 21.5. The molecule has 5 rings (SSSR count). The van der Waals surface area contributed by atoms with E-state index >= 15 is 0 Å². The number of likely N-dealkylation sites (tertiary alicyclic amines) is 4. The van der Waals surface area contributed by atoms with E-state index in [1.807, 2.05) is 26.0 Å². The van der Waals surface area contributed by atoms with Crippen LogP contribution in [0.5, 0.6) is 0 Å². The topological polar surface area (TPSA) is 124 Å². The summed E-state index contributed by atoms with van der Waals surface area (Å²) in [5, 5.41) is 13.6. The summed E-state index contributed by atoms with van der Waals surface area (Å²) in [4.78, 5) is 40.2. The number of carbonyl (C=O) groups excluding carboxylic acids is 3. The molecule has 0 bridgehead atoms. The Hall–Kier alpha value is 0.986. The Balaban J connectivity index is -0.000000143. The van der Waals surface area contributed by atoms with Gasteiger partial charge in [-0.15, -0.1) is 0 Å². The van der Waals surface area contributed by atoms with E-state index < -0.39 is 0 Å². The molecule has 0 aromatic carbocycles. The van der Waals surface area contributed by atoms with Gasteiger partial charge in [-0.1, -0.05) is 46.7 Å². The first kappa shape index (κ1) is 71.6. The smallest absolute Gasteiger partial charge is 1.00 e. The predicted molar refractivity (Wildman–Crippen MR) is 257 cm³/mol. The summed E-state index contributed by atoms with van der Waals surface area (Å²) in [6, 6.07) is 0. The van der Waals surface area contributed by atoms with Crippen molar-refractivity contribution in [1.29, 1.82) is 0 Å². The molecule has 12 nitrogen and oxygen atoms in total. The first-order valence-corrected chi connectivity index (χ1v) is 22.5. The molecule has 5 aliphatic heterocycles. The number of nitrogens with one attached hydrogen (secondary N) is 1. The molecule has 0 unspecified atom stereocenters. The maximum Gasteiger partial charge on any atom is 2.00 e. The van der Waals surface area contributed by atoms with Crippen LogP contribution < -0.4 is 17.7 Å². The number of rotatable bonds is 5. The number of hydrogen-bond acceptors (Lipinski definition) is 11. The zero-order chi connectivity index (χ0) is 41.4. The number of amides is 1. The number of aliphatic hydroxyl groups is 1. The predicted octanol–water partition coefficient (Wildman–Crippen LogP) is 3.69. The zero-order valence-electron chi connectivity index (χ0n) is 37.5. The molecule has 0 aliphatic carbocycles. The van der Waals surface area contributed by atoms with Gasteiger partial charge in [-0.3, -0.25) is 14.4 Å². The molecule has 5 heterocycles. The SMILES string of the molecule is C.C.CN1CCC(=O)CC1.CN1CCC(C)(O)CC1.COC1(C)CCN(C(=O)CBr)CC1.COC1(C)CCN(C)CC1.COC1(C)CCNCC1.O=C(Br)CBr.[CH3-].[Cl-].[Mg+2]. The largest absolute Gasteiger partial charge is 2.00 e. The molecule has 2 N–H and O–H groups in total. The quantitative estimate of drug-likeness (QED) is 0.182. The molecule has 17 heteroatoms. The molecule has 5 aliphatic rings. The summed E-state index contributed by atoms with van der Waals surface area (Å²) >= 11 is 8.78. The minimum Gasteiger partial charge on any atom is -1.00 e. The number of nitrogens with zero attached hydrogens (tertiary/aromatic N) is 4. The van der Waals surface area contributed by atoms with Gasteiger partial charge in [0.25, 0.3) is 0 Å². The summed E-state index contributed by atoms with van der Waals surface area (Å²) in [6.45, 7) is 18.5. The zero-order valence-corrected chi connectivity index (χ0v) is 44.4.